The summed E-state index contributed by atoms with van der Waals surface area (Å²) in [4.78, 5) is 17.5. The third-order valence-electron chi connectivity index (χ3n) is 7.81. The number of nitrogens with zero attached hydrogens (tertiary/aromatic N) is 3. The molecule has 1 unspecified atom stereocenters. The molecular formula is C39H72N6O2. The van der Waals surface area contributed by atoms with Gasteiger partial charge in [0.15, 0.2) is 0 Å². The number of unbranched alkanes of at least 4 members (excludes halogenated alkanes) is 3. The predicted octanol–water partition coefficient (Wildman–Crippen LogP) is 7.69. The number of piperazine rings is 1. The van der Waals surface area contributed by atoms with E-state index in [2.05, 4.69) is 85.9 Å². The van der Waals surface area contributed by atoms with E-state index in [4.69, 9.17) is 21.4 Å². The van der Waals surface area contributed by atoms with E-state index in [9.17, 15) is 0 Å². The smallest absolute Gasteiger partial charge is 0.290 e. The fraction of sp³-hybridized carbons (Fsp3) is 0.641. The minimum Gasteiger partial charge on any atom is -0.483 e. The molecule has 1 atom stereocenters. The summed E-state index contributed by atoms with van der Waals surface area (Å²) in [6, 6.07) is 7.23. The van der Waals surface area contributed by atoms with Crippen molar-refractivity contribution in [2.45, 2.75) is 106 Å². The second kappa shape index (κ2) is 31.6. The van der Waals surface area contributed by atoms with Crippen molar-refractivity contribution in [2.24, 2.45) is 16.5 Å². The largest absolute Gasteiger partial charge is 0.483 e. The molecule has 8 heteroatoms. The van der Waals surface area contributed by atoms with Gasteiger partial charge in [0, 0.05) is 57.7 Å². The molecule has 1 aromatic rings. The number of aliphatic imine (C=N–C) groups is 1. The SMILES string of the molecule is CC(/C=C\N)=C/CN.CCC(CN1CCCC1)c1cc(C)cc(N2CCNCC2)c1.CCCCCC.CN=C(C)C=C(C)C.O=CO. The predicted molar refractivity (Wildman–Crippen MR) is 208 cm³/mol. The lowest BCUT2D eigenvalue weighted by atomic mass is 9.93. The van der Waals surface area contributed by atoms with Crippen molar-refractivity contribution < 1.29 is 9.90 Å². The van der Waals surface area contributed by atoms with Gasteiger partial charge in [-0.1, -0.05) is 69.7 Å². The van der Waals surface area contributed by atoms with Crippen molar-refractivity contribution in [3.05, 3.63) is 64.9 Å². The number of likely N-dealkylation sites (tertiary alicyclic amines) is 1. The zero-order valence-corrected chi connectivity index (χ0v) is 31.7. The number of carboxylic acid groups (broad SMARTS) is 1. The molecule has 2 saturated heterocycles. The molecule has 47 heavy (non-hydrogen) atoms. The van der Waals surface area contributed by atoms with Crippen LogP contribution in [0.1, 0.15) is 110 Å². The van der Waals surface area contributed by atoms with Crippen LogP contribution in [0, 0.1) is 6.92 Å². The number of aryl methyl sites for hydroxylation is 1. The molecule has 6 N–H and O–H groups in total. The third-order valence-corrected chi connectivity index (χ3v) is 7.81. The van der Waals surface area contributed by atoms with Gasteiger partial charge in [-0.3, -0.25) is 9.79 Å². The monoisotopic (exact) mass is 657 g/mol. The van der Waals surface area contributed by atoms with Gasteiger partial charge < -0.3 is 31.7 Å². The summed E-state index contributed by atoms with van der Waals surface area (Å²) in [5.74, 6) is 0.680. The molecule has 2 aliphatic rings. The van der Waals surface area contributed by atoms with Crippen molar-refractivity contribution in [3.63, 3.8) is 0 Å². The molecule has 8 nitrogen and oxygen atoms in total. The molecule has 0 radical (unpaired) electrons. The first-order valence-electron chi connectivity index (χ1n) is 17.8. The Morgan fingerprint density at radius 3 is 2.00 bits per heavy atom. The van der Waals surface area contributed by atoms with Crippen molar-refractivity contribution >= 4 is 17.9 Å². The highest BCUT2D eigenvalue weighted by molar-refractivity contribution is 5.93. The van der Waals surface area contributed by atoms with E-state index in [1.54, 1.807) is 12.6 Å². The molecule has 2 fully saturated rings. The summed E-state index contributed by atoms with van der Waals surface area (Å²) in [5.41, 5.74) is 18.2. The lowest BCUT2D eigenvalue weighted by Crippen LogP contribution is -2.43. The summed E-state index contributed by atoms with van der Waals surface area (Å²) < 4.78 is 0. The van der Waals surface area contributed by atoms with Crippen molar-refractivity contribution in [1.29, 1.82) is 0 Å². The standard InChI is InChI=1S/C19H31N3.C7H13N.C6H12N2.C6H14.CH2O2/c1-3-17(15-21-8-4-5-9-21)18-12-16(2)13-19(14-18)22-10-6-20-7-11-22;1-6(2)5-7(3)8-4;1-6(2-4-7)3-5-8;1-3-5-6-4-2;2-1-3/h12-14,17,20H,3-11,15H2,1-2H3;5H,1-4H3;2-4H,5,7-8H2,1H3;3-6H2,1-2H3;1H,(H,2,3)/b;;4-2-,6-3-;;. The first-order chi connectivity index (χ1) is 22.6. The van der Waals surface area contributed by atoms with Gasteiger partial charge in [-0.25, -0.2) is 0 Å². The molecular weight excluding hydrogens is 584 g/mol. The van der Waals surface area contributed by atoms with Crippen molar-refractivity contribution in [1.82, 2.24) is 10.2 Å². The fourth-order valence-corrected chi connectivity index (χ4v) is 5.27. The summed E-state index contributed by atoms with van der Waals surface area (Å²) in [5, 5.41) is 10.3. The van der Waals surface area contributed by atoms with Crippen LogP contribution in [-0.2, 0) is 4.79 Å². The number of hydrogen-bond donors (Lipinski definition) is 4. The first-order valence-corrected chi connectivity index (χ1v) is 17.8. The summed E-state index contributed by atoms with van der Waals surface area (Å²) in [7, 11) is 1.80. The van der Waals surface area contributed by atoms with E-state index < -0.39 is 0 Å². The van der Waals surface area contributed by atoms with Crippen LogP contribution < -0.4 is 21.7 Å². The van der Waals surface area contributed by atoms with Gasteiger partial charge in [0.1, 0.15) is 0 Å². The van der Waals surface area contributed by atoms with Gasteiger partial charge in [0.25, 0.3) is 6.47 Å². The molecule has 270 valence electrons. The van der Waals surface area contributed by atoms with E-state index in [-0.39, 0.29) is 6.47 Å². The number of benzene rings is 1. The highest BCUT2D eigenvalue weighted by atomic mass is 16.3. The Bertz CT molecular complexity index is 1010. The van der Waals surface area contributed by atoms with Gasteiger partial charge in [-0.2, -0.15) is 0 Å². The maximum absolute atomic E-state index is 8.36. The van der Waals surface area contributed by atoms with Crippen LogP contribution in [0.5, 0.6) is 0 Å². The number of allylic oxidation sites excluding steroid dienone is 4. The number of carbonyl (C=O) groups is 1. The molecule has 2 aliphatic heterocycles. The number of rotatable bonds is 11. The Balaban J connectivity index is 0. The van der Waals surface area contributed by atoms with Crippen molar-refractivity contribution in [3.8, 4) is 0 Å². The average Bonchev–Trinajstić information content (AvgIpc) is 3.57. The summed E-state index contributed by atoms with van der Waals surface area (Å²) >= 11 is 0. The van der Waals surface area contributed by atoms with Crippen LogP contribution in [-0.4, -0.2) is 81.6 Å². The zero-order chi connectivity index (χ0) is 35.9. The van der Waals surface area contributed by atoms with Gasteiger partial charge in [0.2, 0.25) is 0 Å². The topological polar surface area (TPSA) is 120 Å². The van der Waals surface area contributed by atoms with E-state index in [1.165, 1.54) is 87.6 Å². The Morgan fingerprint density at radius 1 is 1.00 bits per heavy atom. The summed E-state index contributed by atoms with van der Waals surface area (Å²) in [6.07, 6.45) is 16.8. The Hall–Kier alpha value is -2.94. The van der Waals surface area contributed by atoms with Crippen LogP contribution in [0.4, 0.5) is 5.69 Å². The van der Waals surface area contributed by atoms with Crippen LogP contribution in [0.15, 0.2) is 58.8 Å². The maximum Gasteiger partial charge on any atom is 0.290 e. The minimum absolute atomic E-state index is 0.250. The average molecular weight is 657 g/mol. The Kier molecular flexibility index (Phi) is 31.1. The second-order valence-corrected chi connectivity index (χ2v) is 12.4. The molecule has 0 bridgehead atoms. The maximum atomic E-state index is 8.36. The molecule has 1 aromatic carbocycles. The van der Waals surface area contributed by atoms with Crippen LogP contribution in [0.25, 0.3) is 0 Å². The van der Waals surface area contributed by atoms with Gasteiger partial charge in [0.05, 0.1) is 0 Å². The van der Waals surface area contributed by atoms with E-state index in [0.717, 1.165) is 37.5 Å². The number of nitrogens with two attached hydrogens (primary N) is 2. The minimum atomic E-state index is -0.250. The van der Waals surface area contributed by atoms with Gasteiger partial charge in [-0.05, 0) is 115 Å². The highest BCUT2D eigenvalue weighted by Gasteiger charge is 2.19. The molecule has 0 spiro atoms. The van der Waals surface area contributed by atoms with Crippen LogP contribution >= 0.6 is 0 Å². The number of hydrogen-bond acceptors (Lipinski definition) is 7. The third kappa shape index (κ3) is 25.8. The van der Waals surface area contributed by atoms with E-state index in [1.807, 2.05) is 26.0 Å². The molecule has 2 heterocycles. The zero-order valence-electron chi connectivity index (χ0n) is 31.7. The van der Waals surface area contributed by atoms with E-state index in [0.29, 0.717) is 12.5 Å². The second-order valence-electron chi connectivity index (χ2n) is 12.4. The van der Waals surface area contributed by atoms with Gasteiger partial charge in [-0.15, -0.1) is 0 Å². The molecule has 3 rings (SSSR count). The molecule has 0 aliphatic carbocycles. The number of anilines is 1. The lowest BCUT2D eigenvalue weighted by Gasteiger charge is -2.31. The summed E-state index contributed by atoms with van der Waals surface area (Å²) in [6.45, 7) is 25.8. The molecule has 0 saturated carbocycles. The highest BCUT2D eigenvalue weighted by Crippen LogP contribution is 2.28. The van der Waals surface area contributed by atoms with Crippen molar-refractivity contribution in [2.75, 3.05) is 64.3 Å². The Morgan fingerprint density at radius 2 is 1.57 bits per heavy atom. The number of nitrogens with one attached hydrogen (secondary N) is 1. The lowest BCUT2D eigenvalue weighted by molar-refractivity contribution is -0.122. The van der Waals surface area contributed by atoms with Gasteiger partial charge >= 0.3 is 0 Å². The molecule has 0 aromatic heterocycles. The van der Waals surface area contributed by atoms with Crippen LogP contribution in [0.3, 0.4) is 0 Å². The quantitative estimate of drug-likeness (QED) is 0.0834. The Labute approximate surface area is 289 Å². The first kappa shape index (κ1) is 46.2. The van der Waals surface area contributed by atoms with Crippen LogP contribution in [0.2, 0.25) is 0 Å². The molecule has 0 amide bonds. The fourth-order valence-electron chi connectivity index (χ4n) is 5.27. The normalized spacial score (nSPS) is 15.5. The van der Waals surface area contributed by atoms with E-state index >= 15 is 0 Å².